The summed E-state index contributed by atoms with van der Waals surface area (Å²) in [4.78, 5) is 0. The molecule has 1 heterocycles. The van der Waals surface area contributed by atoms with Crippen molar-refractivity contribution in [1.29, 1.82) is 0 Å². The number of aromatic nitrogens is 2. The van der Waals surface area contributed by atoms with Gasteiger partial charge in [-0.25, -0.2) is 0 Å². The summed E-state index contributed by atoms with van der Waals surface area (Å²) >= 11 is 0. The van der Waals surface area contributed by atoms with Crippen molar-refractivity contribution in [2.24, 2.45) is 12.8 Å². The van der Waals surface area contributed by atoms with Crippen LogP contribution in [0.25, 0.3) is 0 Å². The highest BCUT2D eigenvalue weighted by Crippen LogP contribution is 2.32. The lowest BCUT2D eigenvalue weighted by molar-refractivity contribution is -0.144. The number of nitrogens with two attached hydrogens (primary N) is 1. The lowest BCUT2D eigenvalue weighted by Crippen LogP contribution is -2.15. The summed E-state index contributed by atoms with van der Waals surface area (Å²) in [6.07, 6.45) is -4.38. The number of hydrogen-bond acceptors (Lipinski definition) is 2. The molecule has 0 bridgehead atoms. The van der Waals surface area contributed by atoms with Crippen LogP contribution in [0, 0.1) is 6.92 Å². The van der Waals surface area contributed by atoms with E-state index >= 15 is 0 Å². The van der Waals surface area contributed by atoms with Crippen molar-refractivity contribution in [3.05, 3.63) is 17.0 Å². The van der Waals surface area contributed by atoms with Gasteiger partial charge < -0.3 is 5.73 Å². The van der Waals surface area contributed by atoms with Gasteiger partial charge in [0.05, 0.1) is 5.69 Å². The van der Waals surface area contributed by atoms with Gasteiger partial charge in [-0.1, -0.05) is 0 Å². The van der Waals surface area contributed by atoms with E-state index in [1.807, 2.05) is 0 Å². The number of aryl methyl sites for hydroxylation is 2. The number of rotatable bonds is 1. The van der Waals surface area contributed by atoms with Crippen LogP contribution in [0.4, 0.5) is 13.2 Å². The summed E-state index contributed by atoms with van der Waals surface area (Å²) in [7, 11) is 1.26. The first kappa shape index (κ1) is 10.0. The van der Waals surface area contributed by atoms with Crippen molar-refractivity contribution in [2.45, 2.75) is 19.6 Å². The Kier molecular flexibility index (Phi) is 2.34. The summed E-state index contributed by atoms with van der Waals surface area (Å²) in [6.45, 7) is 1.37. The van der Waals surface area contributed by atoms with Crippen LogP contribution in [-0.2, 0) is 19.8 Å². The highest BCUT2D eigenvalue weighted by Gasteiger charge is 2.37. The monoisotopic (exact) mass is 193 g/mol. The Bertz CT molecular complexity index is 314. The molecule has 0 atom stereocenters. The van der Waals surface area contributed by atoms with Gasteiger partial charge in [0, 0.05) is 19.2 Å². The largest absolute Gasteiger partial charge is 0.433 e. The van der Waals surface area contributed by atoms with E-state index in [0.717, 1.165) is 4.68 Å². The minimum Gasteiger partial charge on any atom is -0.326 e. The summed E-state index contributed by atoms with van der Waals surface area (Å²) in [6, 6.07) is 0. The maximum absolute atomic E-state index is 12.4. The molecule has 2 N–H and O–H groups in total. The highest BCUT2D eigenvalue weighted by atomic mass is 19.4. The van der Waals surface area contributed by atoms with Crippen LogP contribution in [0.3, 0.4) is 0 Å². The third kappa shape index (κ3) is 1.67. The molecule has 0 saturated heterocycles. The Morgan fingerprint density at radius 3 is 2.31 bits per heavy atom. The van der Waals surface area contributed by atoms with E-state index in [1.165, 1.54) is 14.0 Å². The van der Waals surface area contributed by atoms with Crippen LogP contribution in [0.5, 0.6) is 0 Å². The van der Waals surface area contributed by atoms with Gasteiger partial charge in [0.2, 0.25) is 0 Å². The normalized spacial score (nSPS) is 12.2. The van der Waals surface area contributed by atoms with Crippen molar-refractivity contribution in [2.75, 3.05) is 0 Å². The second kappa shape index (κ2) is 3.02. The summed E-state index contributed by atoms with van der Waals surface area (Å²) in [5.41, 5.74) is 4.85. The van der Waals surface area contributed by atoms with Crippen LogP contribution >= 0.6 is 0 Å². The highest BCUT2D eigenvalue weighted by molar-refractivity contribution is 5.27. The van der Waals surface area contributed by atoms with Crippen molar-refractivity contribution in [3.8, 4) is 0 Å². The molecule has 74 valence electrons. The summed E-state index contributed by atoms with van der Waals surface area (Å²) < 4.78 is 38.0. The van der Waals surface area contributed by atoms with Crippen LogP contribution in [-0.4, -0.2) is 9.78 Å². The van der Waals surface area contributed by atoms with Crippen LogP contribution in [0.1, 0.15) is 17.0 Å². The van der Waals surface area contributed by atoms with Gasteiger partial charge in [0.15, 0.2) is 0 Å². The van der Waals surface area contributed by atoms with E-state index in [2.05, 4.69) is 5.10 Å². The van der Waals surface area contributed by atoms with E-state index in [4.69, 9.17) is 5.73 Å². The molecule has 1 aromatic rings. The molecule has 1 aromatic heterocycles. The molecule has 3 nitrogen and oxygen atoms in total. The van der Waals surface area contributed by atoms with Crippen molar-refractivity contribution in [1.82, 2.24) is 9.78 Å². The number of alkyl halides is 3. The fourth-order valence-electron chi connectivity index (χ4n) is 1.30. The van der Waals surface area contributed by atoms with Crippen LogP contribution < -0.4 is 5.73 Å². The second-order valence-electron chi connectivity index (χ2n) is 2.74. The molecule has 0 radical (unpaired) electrons. The van der Waals surface area contributed by atoms with Gasteiger partial charge in [-0.3, -0.25) is 4.68 Å². The Labute approximate surface area is 73.3 Å². The van der Waals surface area contributed by atoms with E-state index in [-0.39, 0.29) is 12.1 Å². The topological polar surface area (TPSA) is 43.8 Å². The maximum atomic E-state index is 12.4. The first-order chi connectivity index (χ1) is 5.88. The van der Waals surface area contributed by atoms with Gasteiger partial charge in [0.1, 0.15) is 5.69 Å². The molecule has 1 rings (SSSR count). The molecule has 13 heavy (non-hydrogen) atoms. The average molecular weight is 193 g/mol. The van der Waals surface area contributed by atoms with Gasteiger partial charge in [-0.2, -0.15) is 18.3 Å². The quantitative estimate of drug-likeness (QED) is 0.728. The Morgan fingerprint density at radius 2 is 2.00 bits per heavy atom. The van der Waals surface area contributed by atoms with Gasteiger partial charge in [-0.15, -0.1) is 0 Å². The van der Waals surface area contributed by atoms with E-state index in [1.54, 1.807) is 0 Å². The van der Waals surface area contributed by atoms with Crippen molar-refractivity contribution < 1.29 is 13.2 Å². The fourth-order valence-corrected chi connectivity index (χ4v) is 1.30. The molecule has 0 unspecified atom stereocenters. The molecular weight excluding hydrogens is 183 g/mol. The molecular formula is C7H10F3N3. The van der Waals surface area contributed by atoms with Crippen LogP contribution in [0.15, 0.2) is 0 Å². The Balaban J connectivity index is 3.34. The molecule has 0 spiro atoms. The molecule has 6 heteroatoms. The predicted molar refractivity (Wildman–Crippen MR) is 40.8 cm³/mol. The number of hydrogen-bond donors (Lipinski definition) is 1. The molecule has 0 aliphatic carbocycles. The van der Waals surface area contributed by atoms with Crippen LogP contribution in [0.2, 0.25) is 0 Å². The second-order valence-corrected chi connectivity index (χ2v) is 2.74. The van der Waals surface area contributed by atoms with Crippen molar-refractivity contribution in [3.63, 3.8) is 0 Å². The first-order valence-corrected chi connectivity index (χ1v) is 3.67. The molecule has 0 fully saturated rings. The minimum absolute atomic E-state index is 0.0648. The standard InChI is InChI=1S/C7H10F3N3/c1-4-5(3-11)6(7(8,9)10)13(2)12-4/h3,11H2,1-2H3. The van der Waals surface area contributed by atoms with Crippen molar-refractivity contribution >= 4 is 0 Å². The third-order valence-corrected chi connectivity index (χ3v) is 1.82. The Morgan fingerprint density at radius 1 is 1.46 bits per heavy atom. The molecule has 0 saturated carbocycles. The fraction of sp³-hybridized carbons (Fsp3) is 0.571. The SMILES string of the molecule is Cc1nn(C)c(C(F)(F)F)c1CN. The Hall–Kier alpha value is -1.04. The molecule has 0 aliphatic rings. The zero-order chi connectivity index (χ0) is 10.2. The summed E-state index contributed by atoms with van der Waals surface area (Å²) in [5.74, 6) is 0. The molecule has 0 aromatic carbocycles. The minimum atomic E-state index is -4.38. The van der Waals surface area contributed by atoms with E-state index in [9.17, 15) is 13.2 Å². The molecule has 0 aliphatic heterocycles. The zero-order valence-corrected chi connectivity index (χ0v) is 7.31. The number of halogens is 3. The predicted octanol–water partition coefficient (Wildman–Crippen LogP) is 1.21. The lowest BCUT2D eigenvalue weighted by atomic mass is 10.2. The van der Waals surface area contributed by atoms with Gasteiger partial charge in [0.25, 0.3) is 0 Å². The third-order valence-electron chi connectivity index (χ3n) is 1.82. The molecule has 0 amide bonds. The zero-order valence-electron chi connectivity index (χ0n) is 7.31. The summed E-state index contributed by atoms with van der Waals surface area (Å²) in [5, 5.41) is 3.66. The van der Waals surface area contributed by atoms with E-state index < -0.39 is 11.9 Å². The number of nitrogens with zero attached hydrogens (tertiary/aromatic N) is 2. The lowest BCUT2D eigenvalue weighted by Gasteiger charge is -2.08. The maximum Gasteiger partial charge on any atom is 0.433 e. The van der Waals surface area contributed by atoms with E-state index in [0.29, 0.717) is 5.69 Å². The smallest absolute Gasteiger partial charge is 0.326 e. The average Bonchev–Trinajstić information content (AvgIpc) is 2.23. The van der Waals surface area contributed by atoms with Gasteiger partial charge in [-0.05, 0) is 6.92 Å². The van der Waals surface area contributed by atoms with Gasteiger partial charge >= 0.3 is 6.18 Å². The first-order valence-electron chi connectivity index (χ1n) is 3.67.